The molecule has 0 aliphatic rings. The van der Waals surface area contributed by atoms with Crippen molar-refractivity contribution in [1.82, 2.24) is 0 Å². The summed E-state index contributed by atoms with van der Waals surface area (Å²) < 4.78 is 5.94. The Morgan fingerprint density at radius 2 is 2.27 bits per heavy atom. The minimum absolute atomic E-state index is 0.517. The van der Waals surface area contributed by atoms with E-state index in [-0.39, 0.29) is 0 Å². The molecule has 1 atom stereocenters. The van der Waals surface area contributed by atoms with Crippen molar-refractivity contribution in [3.63, 3.8) is 0 Å². The van der Waals surface area contributed by atoms with Gasteiger partial charge in [0, 0.05) is 0 Å². The van der Waals surface area contributed by atoms with Crippen LogP contribution in [-0.4, -0.2) is 5.11 Å². The van der Waals surface area contributed by atoms with Gasteiger partial charge in [0.15, 0.2) is 4.67 Å². The van der Waals surface area contributed by atoms with Crippen LogP contribution in [0.15, 0.2) is 38.0 Å². The van der Waals surface area contributed by atoms with E-state index in [0.717, 1.165) is 6.42 Å². The minimum atomic E-state index is -0.517. The number of hydrogen-bond donors (Lipinski definition) is 1. The first-order chi connectivity index (χ1) is 7.25. The van der Waals surface area contributed by atoms with Gasteiger partial charge in [0.2, 0.25) is 0 Å². The number of furan rings is 1. The molecule has 0 radical (unpaired) electrons. The number of aryl methyl sites for hydroxylation is 1. The van der Waals surface area contributed by atoms with Crippen LogP contribution in [0.1, 0.15) is 23.8 Å². The van der Waals surface area contributed by atoms with Crippen LogP contribution >= 0.6 is 27.3 Å². The quantitative estimate of drug-likeness (QED) is 0.928. The summed E-state index contributed by atoms with van der Waals surface area (Å²) in [7, 11) is 0. The van der Waals surface area contributed by atoms with E-state index in [9.17, 15) is 5.11 Å². The SMILES string of the molecule is OC(CCc1ccsc1)c1ccc(Br)o1. The maximum atomic E-state index is 9.82. The average molecular weight is 287 g/mol. The van der Waals surface area contributed by atoms with Crippen molar-refractivity contribution in [3.05, 3.63) is 45.0 Å². The Labute approximate surface area is 101 Å². The Balaban J connectivity index is 1.90. The molecule has 80 valence electrons. The predicted octanol–water partition coefficient (Wildman–Crippen LogP) is 3.77. The molecule has 2 aromatic rings. The third-order valence-corrected chi connectivity index (χ3v) is 3.37. The molecule has 2 heterocycles. The largest absolute Gasteiger partial charge is 0.452 e. The Bertz CT molecular complexity index is 408. The molecule has 0 aromatic carbocycles. The second-order valence-corrected chi connectivity index (χ2v) is 4.89. The number of rotatable bonds is 4. The molecule has 1 N–H and O–H groups in total. The van der Waals surface area contributed by atoms with Gasteiger partial charge >= 0.3 is 0 Å². The molecule has 4 heteroatoms. The van der Waals surface area contributed by atoms with Crippen molar-refractivity contribution in [2.24, 2.45) is 0 Å². The summed E-state index contributed by atoms with van der Waals surface area (Å²) >= 11 is 4.89. The van der Waals surface area contributed by atoms with Gasteiger partial charge in [-0.1, -0.05) is 0 Å². The highest BCUT2D eigenvalue weighted by atomic mass is 79.9. The van der Waals surface area contributed by atoms with E-state index in [1.807, 2.05) is 5.38 Å². The highest BCUT2D eigenvalue weighted by molar-refractivity contribution is 9.10. The Hall–Kier alpha value is -0.580. The molecule has 2 aromatic heterocycles. The van der Waals surface area contributed by atoms with Crippen molar-refractivity contribution in [1.29, 1.82) is 0 Å². The molecule has 0 aliphatic carbocycles. The lowest BCUT2D eigenvalue weighted by Gasteiger charge is -2.05. The highest BCUT2D eigenvalue weighted by Gasteiger charge is 2.11. The maximum absolute atomic E-state index is 9.82. The summed E-state index contributed by atoms with van der Waals surface area (Å²) in [5, 5.41) is 14.0. The first-order valence-corrected chi connectivity index (χ1v) is 6.43. The lowest BCUT2D eigenvalue weighted by molar-refractivity contribution is 0.139. The molecule has 1 unspecified atom stereocenters. The second-order valence-electron chi connectivity index (χ2n) is 3.33. The van der Waals surface area contributed by atoms with Crippen molar-refractivity contribution < 1.29 is 9.52 Å². The number of thiophene rings is 1. The summed E-state index contributed by atoms with van der Waals surface area (Å²) in [6, 6.07) is 5.67. The zero-order chi connectivity index (χ0) is 10.7. The Morgan fingerprint density at radius 3 is 2.87 bits per heavy atom. The van der Waals surface area contributed by atoms with Gasteiger partial charge in [-0.15, -0.1) is 0 Å². The lowest BCUT2D eigenvalue weighted by atomic mass is 10.1. The fourth-order valence-electron chi connectivity index (χ4n) is 1.39. The van der Waals surface area contributed by atoms with Crippen LogP contribution in [0, 0.1) is 0 Å². The van der Waals surface area contributed by atoms with E-state index in [2.05, 4.69) is 27.4 Å². The summed E-state index contributed by atoms with van der Waals surface area (Å²) in [6.45, 7) is 0. The van der Waals surface area contributed by atoms with Crippen molar-refractivity contribution >= 4 is 27.3 Å². The second kappa shape index (κ2) is 4.96. The highest BCUT2D eigenvalue weighted by Crippen LogP contribution is 2.24. The van der Waals surface area contributed by atoms with Gasteiger partial charge < -0.3 is 9.52 Å². The van der Waals surface area contributed by atoms with Crippen molar-refractivity contribution in [3.8, 4) is 0 Å². The minimum Gasteiger partial charge on any atom is -0.452 e. The van der Waals surface area contributed by atoms with Crippen LogP contribution < -0.4 is 0 Å². The van der Waals surface area contributed by atoms with E-state index in [1.54, 1.807) is 23.5 Å². The van der Waals surface area contributed by atoms with Crippen LogP contribution in [0.5, 0.6) is 0 Å². The summed E-state index contributed by atoms with van der Waals surface area (Å²) in [5.74, 6) is 0.622. The smallest absolute Gasteiger partial charge is 0.169 e. The van der Waals surface area contributed by atoms with Crippen LogP contribution in [0.25, 0.3) is 0 Å². The third-order valence-electron chi connectivity index (χ3n) is 2.21. The molecule has 15 heavy (non-hydrogen) atoms. The zero-order valence-electron chi connectivity index (χ0n) is 8.02. The fraction of sp³-hybridized carbons (Fsp3) is 0.273. The van der Waals surface area contributed by atoms with E-state index >= 15 is 0 Å². The van der Waals surface area contributed by atoms with E-state index in [4.69, 9.17) is 4.42 Å². The molecular formula is C11H11BrO2S. The molecule has 0 amide bonds. The number of aliphatic hydroxyl groups is 1. The van der Waals surface area contributed by atoms with Crippen LogP contribution in [0.4, 0.5) is 0 Å². The Kier molecular flexibility index (Phi) is 3.61. The third kappa shape index (κ3) is 2.93. The molecule has 0 fully saturated rings. The molecule has 0 aliphatic heterocycles. The first kappa shape index (κ1) is 10.9. The normalized spacial score (nSPS) is 12.9. The molecule has 2 rings (SSSR count). The van der Waals surface area contributed by atoms with Crippen molar-refractivity contribution in [2.45, 2.75) is 18.9 Å². The lowest BCUT2D eigenvalue weighted by Crippen LogP contribution is -1.97. The number of aliphatic hydroxyl groups excluding tert-OH is 1. The predicted molar refractivity (Wildman–Crippen MR) is 64.0 cm³/mol. The molecule has 0 spiro atoms. The zero-order valence-corrected chi connectivity index (χ0v) is 10.4. The maximum Gasteiger partial charge on any atom is 0.169 e. The summed E-state index contributed by atoms with van der Waals surface area (Å²) in [6.07, 6.45) is 1.05. The van der Waals surface area contributed by atoms with Gasteiger partial charge in [-0.3, -0.25) is 0 Å². The fourth-order valence-corrected chi connectivity index (χ4v) is 2.41. The molecule has 0 saturated heterocycles. The van der Waals surface area contributed by atoms with Gasteiger partial charge in [-0.25, -0.2) is 0 Å². The molecule has 0 bridgehead atoms. The van der Waals surface area contributed by atoms with Gasteiger partial charge in [0.25, 0.3) is 0 Å². The van der Waals surface area contributed by atoms with Crippen LogP contribution in [-0.2, 0) is 6.42 Å². The molecule has 2 nitrogen and oxygen atoms in total. The van der Waals surface area contributed by atoms with Gasteiger partial charge in [-0.05, 0) is 63.3 Å². The van der Waals surface area contributed by atoms with Gasteiger partial charge in [0.1, 0.15) is 11.9 Å². The summed E-state index contributed by atoms with van der Waals surface area (Å²) in [5.41, 5.74) is 1.27. The van der Waals surface area contributed by atoms with E-state index in [0.29, 0.717) is 16.9 Å². The monoisotopic (exact) mass is 286 g/mol. The first-order valence-electron chi connectivity index (χ1n) is 4.70. The number of halogens is 1. The van der Waals surface area contributed by atoms with E-state index < -0.39 is 6.10 Å². The van der Waals surface area contributed by atoms with Gasteiger partial charge in [0.05, 0.1) is 0 Å². The topological polar surface area (TPSA) is 33.4 Å². The number of hydrogen-bond acceptors (Lipinski definition) is 3. The van der Waals surface area contributed by atoms with Gasteiger partial charge in [-0.2, -0.15) is 11.3 Å². The molecule has 0 saturated carbocycles. The standard InChI is InChI=1S/C11H11BrO2S/c12-11-4-3-10(14-11)9(13)2-1-8-5-6-15-7-8/h3-7,9,13H,1-2H2. The summed E-state index contributed by atoms with van der Waals surface area (Å²) in [4.78, 5) is 0. The van der Waals surface area contributed by atoms with E-state index in [1.165, 1.54) is 5.56 Å². The van der Waals surface area contributed by atoms with Crippen LogP contribution in [0.3, 0.4) is 0 Å². The van der Waals surface area contributed by atoms with Crippen LogP contribution in [0.2, 0.25) is 0 Å². The Morgan fingerprint density at radius 1 is 1.40 bits per heavy atom. The molecular weight excluding hydrogens is 276 g/mol. The average Bonchev–Trinajstić information content (AvgIpc) is 2.84. The van der Waals surface area contributed by atoms with Crippen molar-refractivity contribution in [2.75, 3.05) is 0 Å².